The van der Waals surface area contributed by atoms with Gasteiger partial charge in [0.1, 0.15) is 10.6 Å². The van der Waals surface area contributed by atoms with E-state index in [0.29, 0.717) is 12.4 Å². The average molecular weight is 436 g/mol. The largest absolute Gasteiger partial charge is 0.507 e. The third-order valence-corrected chi connectivity index (χ3v) is 5.59. The first kappa shape index (κ1) is 20.5. The van der Waals surface area contributed by atoms with Crippen LogP contribution in [0.15, 0.2) is 68.6 Å². The molecule has 0 aliphatic carbocycles. The van der Waals surface area contributed by atoms with E-state index in [1.807, 2.05) is 0 Å². The highest BCUT2D eigenvalue weighted by molar-refractivity contribution is 7.86. The molecule has 0 amide bonds. The average Bonchev–Trinajstić information content (AvgIpc) is 2.64. The van der Waals surface area contributed by atoms with Crippen LogP contribution in [0, 0.1) is 0 Å². The Morgan fingerprint density at radius 1 is 0.862 bits per heavy atom. The molecule has 0 aliphatic heterocycles. The van der Waals surface area contributed by atoms with Gasteiger partial charge in [0.25, 0.3) is 20.2 Å². The van der Waals surface area contributed by atoms with Gasteiger partial charge in [0.2, 0.25) is 0 Å². The highest BCUT2D eigenvalue weighted by atomic mass is 32.2. The molecule has 10 nitrogen and oxygen atoms in total. The van der Waals surface area contributed by atoms with Crippen LogP contribution in [0.2, 0.25) is 0 Å². The Kier molecular flexibility index (Phi) is 5.19. The van der Waals surface area contributed by atoms with Gasteiger partial charge in [-0.2, -0.15) is 21.9 Å². The van der Waals surface area contributed by atoms with Gasteiger partial charge >= 0.3 is 0 Å². The third-order valence-electron chi connectivity index (χ3n) is 3.88. The summed E-state index contributed by atoms with van der Waals surface area (Å²) in [6, 6.07) is 9.63. The van der Waals surface area contributed by atoms with Crippen molar-refractivity contribution in [1.29, 1.82) is 0 Å². The quantitative estimate of drug-likeness (QED) is 0.311. The maximum Gasteiger partial charge on any atom is 0.295 e. The van der Waals surface area contributed by atoms with Crippen molar-refractivity contribution in [3.05, 3.63) is 54.1 Å². The predicted molar refractivity (Wildman–Crippen MR) is 101 cm³/mol. The predicted octanol–water partition coefficient (Wildman–Crippen LogP) is 3.27. The van der Waals surface area contributed by atoms with Crippen molar-refractivity contribution >= 4 is 48.7 Å². The van der Waals surface area contributed by atoms with Gasteiger partial charge in [0, 0.05) is 5.39 Å². The van der Waals surface area contributed by atoms with Crippen molar-refractivity contribution in [3.8, 4) is 5.75 Å². The van der Waals surface area contributed by atoms with E-state index in [1.54, 1.807) is 0 Å². The standard InChI is InChI=1S/C17H12N2O8S2/c20-9-11-6-12(4-5-15(11)21)18-19-14-3-1-2-10-7-13(28(22,23)24)8-16(17(10)14)29(25,26)27/h1-9,21H,(H,22,23,24)(H,25,26,27). The maximum absolute atomic E-state index is 11.8. The van der Waals surface area contributed by atoms with Crippen LogP contribution in [-0.2, 0) is 20.2 Å². The van der Waals surface area contributed by atoms with Crippen LogP contribution in [0.25, 0.3) is 10.8 Å². The molecule has 0 spiro atoms. The summed E-state index contributed by atoms with van der Waals surface area (Å²) < 4.78 is 65.3. The fourth-order valence-corrected chi connectivity index (χ4v) is 3.96. The number of aldehydes is 1. The first-order valence-corrected chi connectivity index (χ1v) is 10.6. The van der Waals surface area contributed by atoms with E-state index in [9.17, 15) is 35.8 Å². The van der Waals surface area contributed by atoms with Crippen LogP contribution >= 0.6 is 0 Å². The van der Waals surface area contributed by atoms with Crippen LogP contribution in [0.1, 0.15) is 10.4 Å². The molecule has 0 unspecified atom stereocenters. The van der Waals surface area contributed by atoms with Crippen LogP contribution in [0.3, 0.4) is 0 Å². The molecule has 0 radical (unpaired) electrons. The number of hydrogen-bond acceptors (Lipinski definition) is 8. The summed E-state index contributed by atoms with van der Waals surface area (Å²) >= 11 is 0. The third kappa shape index (κ3) is 4.30. The summed E-state index contributed by atoms with van der Waals surface area (Å²) in [4.78, 5) is 9.40. The van der Waals surface area contributed by atoms with Gasteiger partial charge in [0.05, 0.1) is 21.8 Å². The molecule has 3 aromatic rings. The number of carbonyl (C=O) groups is 1. The van der Waals surface area contributed by atoms with E-state index in [0.717, 1.165) is 6.07 Å². The first-order valence-electron chi connectivity index (χ1n) is 7.72. The molecular weight excluding hydrogens is 424 g/mol. The normalized spacial score (nSPS) is 12.5. The Hall–Kier alpha value is -3.19. The minimum Gasteiger partial charge on any atom is -0.507 e. The van der Waals surface area contributed by atoms with Crippen molar-refractivity contribution in [2.24, 2.45) is 10.2 Å². The van der Waals surface area contributed by atoms with Crippen molar-refractivity contribution < 1.29 is 35.8 Å². The van der Waals surface area contributed by atoms with Gasteiger partial charge < -0.3 is 5.11 Å². The Balaban J connectivity index is 2.25. The van der Waals surface area contributed by atoms with Crippen LogP contribution in [0.5, 0.6) is 5.75 Å². The van der Waals surface area contributed by atoms with E-state index in [-0.39, 0.29) is 33.5 Å². The van der Waals surface area contributed by atoms with Gasteiger partial charge in [-0.15, -0.1) is 5.11 Å². The molecule has 0 aliphatic rings. The molecule has 0 bridgehead atoms. The molecule has 3 aromatic carbocycles. The van der Waals surface area contributed by atoms with E-state index < -0.39 is 30.0 Å². The molecule has 12 heteroatoms. The molecule has 0 aromatic heterocycles. The smallest absolute Gasteiger partial charge is 0.295 e. The Morgan fingerprint density at radius 3 is 2.21 bits per heavy atom. The minimum atomic E-state index is -4.89. The van der Waals surface area contributed by atoms with E-state index in [2.05, 4.69) is 10.2 Å². The van der Waals surface area contributed by atoms with Crippen LogP contribution in [-0.4, -0.2) is 37.3 Å². The number of aromatic hydroxyl groups is 1. The number of hydrogen-bond donors (Lipinski definition) is 3. The second-order valence-corrected chi connectivity index (χ2v) is 8.62. The Morgan fingerprint density at radius 2 is 1.59 bits per heavy atom. The van der Waals surface area contributed by atoms with E-state index in [1.165, 1.54) is 36.4 Å². The Bertz CT molecular complexity index is 1380. The number of nitrogens with zero attached hydrogens (tertiary/aromatic N) is 2. The van der Waals surface area contributed by atoms with Crippen molar-refractivity contribution in [1.82, 2.24) is 0 Å². The monoisotopic (exact) mass is 436 g/mol. The molecule has 150 valence electrons. The molecule has 3 N–H and O–H groups in total. The first-order chi connectivity index (χ1) is 13.5. The Labute approximate surface area is 164 Å². The number of phenols is 1. The number of azo groups is 1. The number of benzene rings is 3. The molecule has 0 atom stereocenters. The summed E-state index contributed by atoms with van der Waals surface area (Å²) in [6.07, 6.45) is 0.416. The molecular formula is C17H12N2O8S2. The molecule has 0 fully saturated rings. The number of carbonyl (C=O) groups excluding carboxylic acids is 1. The fourth-order valence-electron chi connectivity index (χ4n) is 2.59. The number of phenolic OH excluding ortho intramolecular Hbond substituents is 1. The minimum absolute atomic E-state index is 0.0299. The van der Waals surface area contributed by atoms with Crippen molar-refractivity contribution in [2.75, 3.05) is 0 Å². The van der Waals surface area contributed by atoms with Gasteiger partial charge in [-0.1, -0.05) is 12.1 Å². The zero-order chi connectivity index (χ0) is 21.4. The summed E-state index contributed by atoms with van der Waals surface area (Å²) in [7, 11) is -9.63. The molecule has 0 heterocycles. The van der Waals surface area contributed by atoms with Crippen LogP contribution < -0.4 is 0 Å². The zero-order valence-electron chi connectivity index (χ0n) is 14.3. The lowest BCUT2D eigenvalue weighted by Gasteiger charge is -2.09. The number of rotatable bonds is 5. The molecule has 0 saturated carbocycles. The van der Waals surface area contributed by atoms with Gasteiger partial charge in [-0.3, -0.25) is 13.9 Å². The van der Waals surface area contributed by atoms with Crippen molar-refractivity contribution in [3.63, 3.8) is 0 Å². The molecule has 0 saturated heterocycles. The second-order valence-electron chi connectivity index (χ2n) is 5.81. The summed E-state index contributed by atoms with van der Waals surface area (Å²) in [5.41, 5.74) is 0.110. The highest BCUT2D eigenvalue weighted by Crippen LogP contribution is 2.35. The SMILES string of the molecule is O=Cc1cc(N=Nc2cccc3cc(S(=O)(=O)O)cc(S(=O)(=O)O)c23)ccc1O. The molecule has 3 rings (SSSR count). The lowest BCUT2D eigenvalue weighted by molar-refractivity contribution is 0.112. The lowest BCUT2D eigenvalue weighted by Crippen LogP contribution is -2.04. The van der Waals surface area contributed by atoms with E-state index in [4.69, 9.17) is 0 Å². The zero-order valence-corrected chi connectivity index (χ0v) is 15.9. The second kappa shape index (κ2) is 7.33. The number of fused-ring (bicyclic) bond motifs is 1. The molecule has 29 heavy (non-hydrogen) atoms. The topological polar surface area (TPSA) is 171 Å². The van der Waals surface area contributed by atoms with Gasteiger partial charge in [0.15, 0.2) is 6.29 Å². The summed E-state index contributed by atoms with van der Waals surface area (Å²) in [5.74, 6) is -0.254. The van der Waals surface area contributed by atoms with Crippen LogP contribution in [0.4, 0.5) is 11.4 Å². The summed E-state index contributed by atoms with van der Waals surface area (Å²) in [6.45, 7) is 0. The van der Waals surface area contributed by atoms with Gasteiger partial charge in [-0.25, -0.2) is 0 Å². The van der Waals surface area contributed by atoms with E-state index >= 15 is 0 Å². The van der Waals surface area contributed by atoms with Crippen molar-refractivity contribution in [2.45, 2.75) is 9.79 Å². The summed E-state index contributed by atoms with van der Waals surface area (Å²) in [5, 5.41) is 17.2. The maximum atomic E-state index is 11.8. The highest BCUT2D eigenvalue weighted by Gasteiger charge is 2.22. The lowest BCUT2D eigenvalue weighted by atomic mass is 10.1. The fraction of sp³-hybridized carbons (Fsp3) is 0. The van der Waals surface area contributed by atoms with Gasteiger partial charge in [-0.05, 0) is 41.8 Å².